The number of nitrogens with zero attached hydrogens (tertiary/aromatic N) is 1. The Morgan fingerprint density at radius 1 is 1.30 bits per heavy atom. The Kier molecular flexibility index (Phi) is 3.90. The summed E-state index contributed by atoms with van der Waals surface area (Å²) in [6.45, 7) is 2.86. The van der Waals surface area contributed by atoms with Crippen LogP contribution in [0.1, 0.15) is 24.0 Å². The van der Waals surface area contributed by atoms with Crippen LogP contribution in [0.15, 0.2) is 36.5 Å². The van der Waals surface area contributed by atoms with Crippen LogP contribution < -0.4 is 10.1 Å². The van der Waals surface area contributed by atoms with Gasteiger partial charge in [-0.05, 0) is 43.0 Å². The predicted molar refractivity (Wildman–Crippen MR) is 80.4 cm³/mol. The minimum Gasteiger partial charge on any atom is -0.437 e. The number of nitrogens with one attached hydrogen (secondary N) is 1. The van der Waals surface area contributed by atoms with Gasteiger partial charge in [0.2, 0.25) is 5.88 Å². The Hall–Kier alpha value is -1.58. The topological polar surface area (TPSA) is 34.1 Å². The number of aryl methyl sites for hydroxylation is 1. The number of aromatic nitrogens is 1. The molecule has 1 aromatic heterocycles. The standard InChI is InChI=1S/C16H17ClN2O/c1-11-2-6-15(14(17)8-11)20-16-7-3-12(10-19-16)9-18-13-4-5-13/h2-3,6-8,10,13,18H,4-5,9H2,1H3. The number of pyridine rings is 1. The first-order chi connectivity index (χ1) is 9.70. The number of hydrogen-bond donors (Lipinski definition) is 1. The molecule has 0 amide bonds. The summed E-state index contributed by atoms with van der Waals surface area (Å²) in [6.07, 6.45) is 4.42. The average molecular weight is 289 g/mol. The number of benzene rings is 1. The molecule has 0 unspecified atom stereocenters. The maximum atomic E-state index is 6.14. The van der Waals surface area contributed by atoms with Gasteiger partial charge >= 0.3 is 0 Å². The smallest absolute Gasteiger partial charge is 0.219 e. The van der Waals surface area contributed by atoms with Gasteiger partial charge in [-0.1, -0.05) is 23.7 Å². The molecule has 0 bridgehead atoms. The van der Waals surface area contributed by atoms with Gasteiger partial charge in [0.1, 0.15) is 5.75 Å². The molecule has 0 atom stereocenters. The number of halogens is 1. The molecule has 1 saturated carbocycles. The van der Waals surface area contributed by atoms with E-state index in [2.05, 4.69) is 10.3 Å². The van der Waals surface area contributed by atoms with Crippen molar-refractivity contribution in [2.75, 3.05) is 0 Å². The molecule has 1 N–H and O–H groups in total. The lowest BCUT2D eigenvalue weighted by Gasteiger charge is -2.08. The summed E-state index contributed by atoms with van der Waals surface area (Å²) in [5.41, 5.74) is 2.27. The van der Waals surface area contributed by atoms with Crippen LogP contribution in [0.2, 0.25) is 5.02 Å². The van der Waals surface area contributed by atoms with E-state index in [4.69, 9.17) is 16.3 Å². The molecule has 0 aliphatic heterocycles. The molecule has 3 rings (SSSR count). The van der Waals surface area contributed by atoms with E-state index in [0.29, 0.717) is 22.7 Å². The molecule has 3 nitrogen and oxygen atoms in total. The number of hydrogen-bond acceptors (Lipinski definition) is 3. The van der Waals surface area contributed by atoms with Crippen molar-refractivity contribution in [2.45, 2.75) is 32.4 Å². The molecule has 1 aromatic carbocycles. The largest absolute Gasteiger partial charge is 0.437 e. The fourth-order valence-corrected chi connectivity index (χ4v) is 2.20. The van der Waals surface area contributed by atoms with Crippen LogP contribution >= 0.6 is 11.6 Å². The Morgan fingerprint density at radius 3 is 2.80 bits per heavy atom. The molecule has 104 valence electrons. The van der Waals surface area contributed by atoms with Crippen LogP contribution in [0, 0.1) is 6.92 Å². The third kappa shape index (κ3) is 3.50. The van der Waals surface area contributed by atoms with Crippen LogP contribution in [-0.2, 0) is 6.54 Å². The lowest BCUT2D eigenvalue weighted by atomic mass is 10.2. The van der Waals surface area contributed by atoms with E-state index in [0.717, 1.165) is 12.1 Å². The Bertz CT molecular complexity index is 594. The summed E-state index contributed by atoms with van der Waals surface area (Å²) in [7, 11) is 0. The zero-order chi connectivity index (χ0) is 13.9. The fourth-order valence-electron chi connectivity index (χ4n) is 1.93. The van der Waals surface area contributed by atoms with Crippen molar-refractivity contribution in [1.82, 2.24) is 10.3 Å². The maximum Gasteiger partial charge on any atom is 0.219 e. The average Bonchev–Trinajstić information content (AvgIpc) is 3.25. The molecule has 1 aliphatic carbocycles. The van der Waals surface area contributed by atoms with Gasteiger partial charge in [0, 0.05) is 24.8 Å². The van der Waals surface area contributed by atoms with E-state index in [1.54, 1.807) is 0 Å². The molecule has 1 aliphatic rings. The van der Waals surface area contributed by atoms with E-state index in [-0.39, 0.29) is 0 Å². The van der Waals surface area contributed by atoms with Gasteiger partial charge in [0.15, 0.2) is 0 Å². The molecular weight excluding hydrogens is 272 g/mol. The lowest BCUT2D eigenvalue weighted by molar-refractivity contribution is 0.462. The molecule has 0 radical (unpaired) electrons. The van der Waals surface area contributed by atoms with Crippen molar-refractivity contribution in [2.24, 2.45) is 0 Å². The van der Waals surface area contributed by atoms with Crippen molar-refractivity contribution < 1.29 is 4.74 Å². The SMILES string of the molecule is Cc1ccc(Oc2ccc(CNC3CC3)cn2)c(Cl)c1. The summed E-state index contributed by atoms with van der Waals surface area (Å²) in [5.74, 6) is 1.19. The molecule has 0 spiro atoms. The van der Waals surface area contributed by atoms with Crippen LogP contribution in [-0.4, -0.2) is 11.0 Å². The molecule has 0 saturated heterocycles. The second-order valence-corrected chi connectivity index (χ2v) is 5.60. The molecule has 4 heteroatoms. The van der Waals surface area contributed by atoms with Gasteiger partial charge in [-0.3, -0.25) is 0 Å². The van der Waals surface area contributed by atoms with E-state index < -0.39 is 0 Å². The van der Waals surface area contributed by atoms with Crippen LogP contribution in [0.4, 0.5) is 0 Å². The molecular formula is C16H17ClN2O. The highest BCUT2D eigenvalue weighted by atomic mass is 35.5. The Morgan fingerprint density at radius 2 is 2.15 bits per heavy atom. The highest BCUT2D eigenvalue weighted by Gasteiger charge is 2.19. The molecule has 2 aromatic rings. The van der Waals surface area contributed by atoms with Gasteiger partial charge in [0.05, 0.1) is 5.02 Å². The first kappa shape index (κ1) is 13.4. The van der Waals surface area contributed by atoms with Gasteiger partial charge in [-0.2, -0.15) is 0 Å². The quantitative estimate of drug-likeness (QED) is 0.900. The summed E-state index contributed by atoms with van der Waals surface area (Å²) < 4.78 is 5.69. The van der Waals surface area contributed by atoms with Crippen LogP contribution in [0.3, 0.4) is 0 Å². The number of ether oxygens (including phenoxy) is 1. The minimum absolute atomic E-state index is 0.561. The zero-order valence-electron chi connectivity index (χ0n) is 11.4. The van der Waals surface area contributed by atoms with E-state index in [1.807, 2.05) is 43.5 Å². The van der Waals surface area contributed by atoms with E-state index in [9.17, 15) is 0 Å². The van der Waals surface area contributed by atoms with E-state index >= 15 is 0 Å². The Labute approximate surface area is 123 Å². The zero-order valence-corrected chi connectivity index (χ0v) is 12.2. The molecule has 1 fully saturated rings. The summed E-state index contributed by atoms with van der Waals surface area (Å²) in [4.78, 5) is 4.32. The molecule has 20 heavy (non-hydrogen) atoms. The first-order valence-electron chi connectivity index (χ1n) is 6.83. The third-order valence-corrected chi connectivity index (χ3v) is 3.57. The van der Waals surface area contributed by atoms with Gasteiger partial charge < -0.3 is 10.1 Å². The highest BCUT2D eigenvalue weighted by molar-refractivity contribution is 6.32. The monoisotopic (exact) mass is 288 g/mol. The van der Waals surface area contributed by atoms with Crippen LogP contribution in [0.5, 0.6) is 11.6 Å². The van der Waals surface area contributed by atoms with Crippen molar-refractivity contribution in [3.05, 3.63) is 52.7 Å². The Balaban J connectivity index is 1.64. The van der Waals surface area contributed by atoms with Crippen molar-refractivity contribution >= 4 is 11.6 Å². The maximum absolute atomic E-state index is 6.14. The lowest BCUT2D eigenvalue weighted by Crippen LogP contribution is -2.15. The molecule has 1 heterocycles. The summed E-state index contributed by atoms with van der Waals surface area (Å²) >= 11 is 6.14. The minimum atomic E-state index is 0.561. The van der Waals surface area contributed by atoms with Crippen molar-refractivity contribution in [3.63, 3.8) is 0 Å². The van der Waals surface area contributed by atoms with E-state index in [1.165, 1.54) is 18.4 Å². The summed E-state index contributed by atoms with van der Waals surface area (Å²) in [5, 5.41) is 4.06. The van der Waals surface area contributed by atoms with Crippen molar-refractivity contribution in [1.29, 1.82) is 0 Å². The van der Waals surface area contributed by atoms with Gasteiger partial charge in [0.25, 0.3) is 0 Å². The fraction of sp³-hybridized carbons (Fsp3) is 0.312. The second-order valence-electron chi connectivity index (χ2n) is 5.20. The third-order valence-electron chi connectivity index (χ3n) is 3.27. The van der Waals surface area contributed by atoms with Crippen LogP contribution in [0.25, 0.3) is 0 Å². The second kappa shape index (κ2) is 5.81. The van der Waals surface area contributed by atoms with Crippen molar-refractivity contribution in [3.8, 4) is 11.6 Å². The predicted octanol–water partition coefficient (Wildman–Crippen LogP) is 4.09. The van der Waals surface area contributed by atoms with Gasteiger partial charge in [-0.25, -0.2) is 4.98 Å². The first-order valence-corrected chi connectivity index (χ1v) is 7.21. The normalized spacial score (nSPS) is 14.3. The summed E-state index contributed by atoms with van der Waals surface area (Å²) in [6, 6.07) is 10.3. The van der Waals surface area contributed by atoms with Gasteiger partial charge in [-0.15, -0.1) is 0 Å². The number of rotatable bonds is 5. The highest BCUT2D eigenvalue weighted by Crippen LogP contribution is 2.29.